The normalized spacial score (nSPS) is 15.3. The molecule has 204 valence electrons. The van der Waals surface area contributed by atoms with Gasteiger partial charge in [0.25, 0.3) is 5.91 Å². The first-order valence-electron chi connectivity index (χ1n) is 12.5. The van der Waals surface area contributed by atoms with Crippen LogP contribution in [0.3, 0.4) is 0 Å². The molecule has 0 aliphatic carbocycles. The average molecular weight is 570 g/mol. The van der Waals surface area contributed by atoms with Crippen LogP contribution in [0.4, 0.5) is 10.5 Å². The van der Waals surface area contributed by atoms with Crippen molar-refractivity contribution in [1.29, 1.82) is 0 Å². The minimum atomic E-state index is -0.657. The molecule has 1 aliphatic heterocycles. The van der Waals surface area contributed by atoms with E-state index in [0.717, 1.165) is 0 Å². The third-order valence-corrected chi connectivity index (χ3v) is 7.06. The van der Waals surface area contributed by atoms with Gasteiger partial charge in [0.05, 0.1) is 27.5 Å². The number of amides is 3. The van der Waals surface area contributed by atoms with Crippen molar-refractivity contribution >= 4 is 46.8 Å². The molecule has 11 heteroatoms. The van der Waals surface area contributed by atoms with Gasteiger partial charge in [-0.3, -0.25) is 4.79 Å². The maximum absolute atomic E-state index is 13.8. The summed E-state index contributed by atoms with van der Waals surface area (Å²) < 4.78 is 5.41. The zero-order valence-electron chi connectivity index (χ0n) is 22.1. The van der Waals surface area contributed by atoms with E-state index < -0.39 is 11.9 Å². The van der Waals surface area contributed by atoms with Crippen LogP contribution < -0.4 is 5.32 Å². The van der Waals surface area contributed by atoms with Gasteiger partial charge < -0.3 is 19.9 Å². The van der Waals surface area contributed by atoms with Crippen molar-refractivity contribution in [3.8, 4) is 11.4 Å². The van der Waals surface area contributed by atoms with E-state index in [0.29, 0.717) is 27.8 Å². The van der Waals surface area contributed by atoms with Crippen molar-refractivity contribution in [2.45, 2.75) is 39.8 Å². The summed E-state index contributed by atoms with van der Waals surface area (Å²) in [6.45, 7) is 7.70. The number of nitrogens with zero attached hydrogens (tertiary/aromatic N) is 4. The van der Waals surface area contributed by atoms with E-state index in [-0.39, 0.29) is 54.1 Å². The van der Waals surface area contributed by atoms with E-state index in [1.807, 2.05) is 37.3 Å². The van der Waals surface area contributed by atoms with Gasteiger partial charge in [-0.15, -0.1) is 0 Å². The van der Waals surface area contributed by atoms with Crippen molar-refractivity contribution in [3.63, 3.8) is 0 Å². The molecule has 9 nitrogen and oxygen atoms in total. The number of anilines is 1. The second kappa shape index (κ2) is 12.0. The lowest BCUT2D eigenvalue weighted by molar-refractivity contribution is 0.0367. The highest BCUT2D eigenvalue weighted by Crippen LogP contribution is 2.30. The number of rotatable bonds is 5. The number of nitrogens with one attached hydrogen (secondary N) is 1. The van der Waals surface area contributed by atoms with Crippen molar-refractivity contribution in [2.24, 2.45) is 0 Å². The fraction of sp³-hybridized carbons (Fsp3) is 0.321. The summed E-state index contributed by atoms with van der Waals surface area (Å²) in [5, 5.41) is 3.37. The van der Waals surface area contributed by atoms with Gasteiger partial charge in [-0.25, -0.2) is 19.6 Å². The maximum atomic E-state index is 13.8. The Morgan fingerprint density at radius 3 is 2.41 bits per heavy atom. The number of benzene rings is 2. The molecule has 1 N–H and O–H groups in total. The molecule has 1 fully saturated rings. The highest BCUT2D eigenvalue weighted by Gasteiger charge is 2.34. The molecule has 3 aromatic rings. The average Bonchev–Trinajstić information content (AvgIpc) is 2.90. The molecule has 0 bridgehead atoms. The Balaban J connectivity index is 1.59. The van der Waals surface area contributed by atoms with Crippen LogP contribution in [0.15, 0.2) is 48.5 Å². The SMILES string of the molecule is Cc1nc(-c2ccccc2)nc(C(=O)N2CCN(C(=O)Nc3cccc(Cl)c3Cl)C(C)C2)c1C(=O)OC(C)C. The summed E-state index contributed by atoms with van der Waals surface area (Å²) in [5.41, 5.74) is 1.48. The molecular weight excluding hydrogens is 541 g/mol. The Hall–Kier alpha value is -3.69. The van der Waals surface area contributed by atoms with Gasteiger partial charge in [0.2, 0.25) is 0 Å². The molecule has 39 heavy (non-hydrogen) atoms. The summed E-state index contributed by atoms with van der Waals surface area (Å²) in [5.74, 6) is -0.755. The van der Waals surface area contributed by atoms with Crippen LogP contribution >= 0.6 is 23.2 Å². The predicted octanol–water partition coefficient (Wildman–Crippen LogP) is 5.70. The highest BCUT2D eigenvalue weighted by molar-refractivity contribution is 6.44. The highest BCUT2D eigenvalue weighted by atomic mass is 35.5. The Morgan fingerprint density at radius 2 is 1.74 bits per heavy atom. The number of ether oxygens (including phenoxy) is 1. The lowest BCUT2D eigenvalue weighted by Gasteiger charge is -2.39. The molecule has 0 radical (unpaired) electrons. The molecule has 4 rings (SSSR count). The number of halogens is 2. The van der Waals surface area contributed by atoms with Gasteiger partial charge in [0.15, 0.2) is 5.82 Å². The van der Waals surface area contributed by atoms with Gasteiger partial charge in [-0.1, -0.05) is 59.6 Å². The first-order valence-corrected chi connectivity index (χ1v) is 13.3. The van der Waals surface area contributed by atoms with Crippen LogP contribution in [-0.2, 0) is 4.74 Å². The molecule has 1 aliphatic rings. The number of carbonyl (C=O) groups excluding carboxylic acids is 3. The standard InChI is InChI=1S/C28H29Cl2N5O4/c1-16(2)39-27(37)22-18(4)31-25(19-9-6-5-7-10-19)33-24(22)26(36)34-13-14-35(17(3)15-34)28(38)32-21-12-8-11-20(29)23(21)30/h5-12,16-17H,13-15H2,1-4H3,(H,32,38). The number of esters is 1. The van der Waals surface area contributed by atoms with Gasteiger partial charge >= 0.3 is 12.0 Å². The second-order valence-electron chi connectivity index (χ2n) is 9.50. The lowest BCUT2D eigenvalue weighted by Crippen LogP contribution is -2.56. The fourth-order valence-corrected chi connectivity index (χ4v) is 4.69. The van der Waals surface area contributed by atoms with Crippen LogP contribution in [0, 0.1) is 6.92 Å². The quantitative estimate of drug-likeness (QED) is 0.395. The van der Waals surface area contributed by atoms with Crippen molar-refractivity contribution in [1.82, 2.24) is 19.8 Å². The Morgan fingerprint density at radius 1 is 1.03 bits per heavy atom. The van der Waals surface area contributed by atoms with E-state index >= 15 is 0 Å². The number of hydrogen-bond acceptors (Lipinski definition) is 6. The second-order valence-corrected chi connectivity index (χ2v) is 10.3. The number of urea groups is 1. The minimum Gasteiger partial charge on any atom is -0.459 e. The topological polar surface area (TPSA) is 105 Å². The zero-order chi connectivity index (χ0) is 28.3. The summed E-state index contributed by atoms with van der Waals surface area (Å²) in [7, 11) is 0. The van der Waals surface area contributed by atoms with Crippen LogP contribution in [0.25, 0.3) is 11.4 Å². The maximum Gasteiger partial charge on any atom is 0.342 e. The fourth-order valence-electron chi connectivity index (χ4n) is 4.34. The van der Waals surface area contributed by atoms with Crippen molar-refractivity contribution < 1.29 is 19.1 Å². The van der Waals surface area contributed by atoms with E-state index in [4.69, 9.17) is 27.9 Å². The van der Waals surface area contributed by atoms with Gasteiger partial charge in [0, 0.05) is 31.2 Å². The molecule has 0 spiro atoms. The number of piperazine rings is 1. The molecule has 1 aromatic heterocycles. The first kappa shape index (κ1) is 28.3. The lowest BCUT2D eigenvalue weighted by atomic mass is 10.1. The van der Waals surface area contributed by atoms with E-state index in [9.17, 15) is 14.4 Å². The summed E-state index contributed by atoms with van der Waals surface area (Å²) in [4.78, 5) is 52.1. The van der Waals surface area contributed by atoms with Gasteiger partial charge in [0.1, 0.15) is 11.3 Å². The first-order chi connectivity index (χ1) is 18.6. The number of hydrogen-bond donors (Lipinski definition) is 1. The zero-order valence-corrected chi connectivity index (χ0v) is 23.6. The number of aryl methyl sites for hydroxylation is 1. The third kappa shape index (κ3) is 6.32. The number of aromatic nitrogens is 2. The summed E-state index contributed by atoms with van der Waals surface area (Å²) in [6.07, 6.45) is -0.385. The van der Waals surface area contributed by atoms with E-state index in [1.54, 1.807) is 48.8 Å². The Bertz CT molecular complexity index is 1400. The van der Waals surface area contributed by atoms with Crippen molar-refractivity contribution in [2.75, 3.05) is 25.0 Å². The monoisotopic (exact) mass is 569 g/mol. The van der Waals surface area contributed by atoms with Crippen LogP contribution in [-0.4, -0.2) is 69.5 Å². The van der Waals surface area contributed by atoms with E-state index in [2.05, 4.69) is 15.3 Å². The molecule has 1 unspecified atom stereocenters. The Labute approximate surface area is 237 Å². The van der Waals surface area contributed by atoms with Gasteiger partial charge in [-0.05, 0) is 39.8 Å². The van der Waals surface area contributed by atoms with Gasteiger partial charge in [-0.2, -0.15) is 0 Å². The molecule has 1 saturated heterocycles. The van der Waals surface area contributed by atoms with Crippen molar-refractivity contribution in [3.05, 3.63) is 75.5 Å². The molecule has 2 heterocycles. The molecule has 1 atom stereocenters. The predicted molar refractivity (Wildman–Crippen MR) is 150 cm³/mol. The molecule has 2 aromatic carbocycles. The van der Waals surface area contributed by atoms with Crippen LogP contribution in [0.1, 0.15) is 47.3 Å². The smallest absolute Gasteiger partial charge is 0.342 e. The molecular formula is C28H29Cl2N5O4. The largest absolute Gasteiger partial charge is 0.459 e. The third-order valence-electron chi connectivity index (χ3n) is 6.24. The summed E-state index contributed by atoms with van der Waals surface area (Å²) >= 11 is 12.3. The van der Waals surface area contributed by atoms with Crippen LogP contribution in [0.2, 0.25) is 10.0 Å². The number of carbonyl (C=O) groups is 3. The summed E-state index contributed by atoms with van der Waals surface area (Å²) in [6, 6.07) is 13.5. The molecule has 3 amide bonds. The minimum absolute atomic E-state index is 0.0252. The molecule has 0 saturated carbocycles. The Kier molecular flexibility index (Phi) is 8.72. The van der Waals surface area contributed by atoms with Crippen LogP contribution in [0.5, 0.6) is 0 Å². The van der Waals surface area contributed by atoms with E-state index in [1.165, 1.54) is 0 Å².